The Morgan fingerprint density at radius 3 is 2.72 bits per heavy atom. The van der Waals surface area contributed by atoms with Crippen LogP contribution < -0.4 is 16.5 Å². The third kappa shape index (κ3) is 2.56. The number of rotatable bonds is 2. The van der Waals surface area contributed by atoms with E-state index in [0.717, 1.165) is 5.56 Å². The van der Waals surface area contributed by atoms with Gasteiger partial charge in [0, 0.05) is 5.70 Å². The van der Waals surface area contributed by atoms with Crippen LogP contribution in [0.25, 0.3) is 16.7 Å². The van der Waals surface area contributed by atoms with E-state index in [1.54, 1.807) is 18.2 Å². The molecule has 5 rings (SSSR count). The van der Waals surface area contributed by atoms with E-state index in [4.69, 9.17) is 10.2 Å². The molecular formula is C21H18N6O2. The molecule has 8 heteroatoms. The molecule has 1 amide bonds. The van der Waals surface area contributed by atoms with Crippen LogP contribution in [-0.2, 0) is 4.79 Å². The number of hydrogen-bond acceptors (Lipinski definition) is 7. The lowest BCUT2D eigenvalue weighted by Crippen LogP contribution is -2.54. The van der Waals surface area contributed by atoms with E-state index in [1.807, 2.05) is 37.3 Å². The van der Waals surface area contributed by atoms with Crippen molar-refractivity contribution in [2.45, 2.75) is 25.0 Å². The van der Waals surface area contributed by atoms with Gasteiger partial charge < -0.3 is 15.5 Å². The van der Waals surface area contributed by atoms with Crippen LogP contribution in [0, 0.1) is 11.3 Å². The van der Waals surface area contributed by atoms with Crippen LogP contribution in [0.15, 0.2) is 58.6 Å². The average molecular weight is 386 g/mol. The molecule has 3 atom stereocenters. The predicted molar refractivity (Wildman–Crippen MR) is 107 cm³/mol. The highest BCUT2D eigenvalue weighted by Crippen LogP contribution is 2.37. The van der Waals surface area contributed by atoms with Crippen molar-refractivity contribution in [1.29, 1.82) is 5.26 Å². The molecule has 3 heterocycles. The molecule has 2 aliphatic rings. The zero-order valence-electron chi connectivity index (χ0n) is 15.6. The van der Waals surface area contributed by atoms with Gasteiger partial charge in [-0.1, -0.05) is 36.4 Å². The number of benzene rings is 2. The molecule has 2 aromatic carbocycles. The van der Waals surface area contributed by atoms with Crippen molar-refractivity contribution in [3.8, 4) is 6.07 Å². The molecule has 3 unspecified atom stereocenters. The Labute approximate surface area is 166 Å². The van der Waals surface area contributed by atoms with Crippen molar-refractivity contribution in [1.82, 2.24) is 20.7 Å². The van der Waals surface area contributed by atoms with E-state index in [9.17, 15) is 10.1 Å². The number of carbonyl (C=O) groups excluding carboxylic acids is 1. The van der Waals surface area contributed by atoms with Crippen LogP contribution in [0.3, 0.4) is 0 Å². The number of fused-ring (bicyclic) bond motifs is 2. The Hall–Kier alpha value is -3.83. The zero-order valence-corrected chi connectivity index (χ0v) is 15.6. The summed E-state index contributed by atoms with van der Waals surface area (Å²) >= 11 is 0. The van der Waals surface area contributed by atoms with Gasteiger partial charge in [-0.3, -0.25) is 4.79 Å². The second-order valence-corrected chi connectivity index (χ2v) is 7.15. The van der Waals surface area contributed by atoms with Crippen molar-refractivity contribution in [2.24, 2.45) is 0 Å². The van der Waals surface area contributed by atoms with Gasteiger partial charge in [0.05, 0.1) is 17.7 Å². The lowest BCUT2D eigenvalue weighted by atomic mass is 9.90. The van der Waals surface area contributed by atoms with Crippen molar-refractivity contribution in [3.63, 3.8) is 0 Å². The van der Waals surface area contributed by atoms with Crippen LogP contribution in [0.4, 0.5) is 5.69 Å². The highest BCUT2D eigenvalue weighted by molar-refractivity contribution is 6.20. The van der Waals surface area contributed by atoms with Crippen molar-refractivity contribution < 1.29 is 9.21 Å². The summed E-state index contributed by atoms with van der Waals surface area (Å²) in [6, 6.07) is 16.7. The molecular weight excluding hydrogens is 368 g/mol. The molecule has 0 bridgehead atoms. The summed E-state index contributed by atoms with van der Waals surface area (Å²) in [6.45, 7) is 1.81. The fraction of sp³-hybridized carbons (Fsp3) is 0.190. The number of hydrogen-bond donors (Lipinski definition) is 3. The van der Waals surface area contributed by atoms with Crippen molar-refractivity contribution in [3.05, 3.63) is 65.7 Å². The number of aromatic nitrogens is 1. The van der Waals surface area contributed by atoms with Gasteiger partial charge in [-0.2, -0.15) is 5.26 Å². The molecule has 0 aliphatic carbocycles. The smallest absolute Gasteiger partial charge is 0.277 e. The van der Waals surface area contributed by atoms with Crippen LogP contribution in [0.5, 0.6) is 0 Å². The average Bonchev–Trinajstić information content (AvgIpc) is 3.31. The predicted octanol–water partition coefficient (Wildman–Crippen LogP) is 2.09. The number of nitrogens with zero attached hydrogens (tertiary/aromatic N) is 3. The van der Waals surface area contributed by atoms with Gasteiger partial charge in [-0.25, -0.2) is 15.4 Å². The number of hydrazine groups is 1. The van der Waals surface area contributed by atoms with E-state index < -0.39 is 12.2 Å². The SMILES string of the molecule is CC1=C(c2nc3c(N)cccc3o2)C(=O)N2NC(C#N)C(c3ccccc3)C2N1. The van der Waals surface area contributed by atoms with Gasteiger partial charge in [0.15, 0.2) is 5.58 Å². The normalized spacial score (nSPS) is 23.8. The van der Waals surface area contributed by atoms with Crippen LogP contribution in [0.2, 0.25) is 0 Å². The van der Waals surface area contributed by atoms with Crippen molar-refractivity contribution in [2.75, 3.05) is 5.73 Å². The maximum Gasteiger partial charge on any atom is 0.277 e. The minimum atomic E-state index is -0.551. The maximum atomic E-state index is 13.3. The summed E-state index contributed by atoms with van der Waals surface area (Å²) in [6.07, 6.45) is -0.396. The lowest BCUT2D eigenvalue weighted by molar-refractivity contribution is -0.130. The largest absolute Gasteiger partial charge is 0.436 e. The standard InChI is InChI=1S/C21H18N6O2/c1-11-16(20-25-18-13(23)8-5-9-15(18)29-20)21(28)27-19(24-11)17(14(10-22)26-27)12-6-3-2-4-7-12/h2-9,14,17,19,24,26H,23H2,1H3. The van der Waals surface area contributed by atoms with E-state index in [0.29, 0.717) is 28.1 Å². The van der Waals surface area contributed by atoms with Gasteiger partial charge in [-0.05, 0) is 24.6 Å². The molecule has 0 saturated carbocycles. The molecule has 0 spiro atoms. The third-order valence-corrected chi connectivity index (χ3v) is 5.42. The molecule has 3 aromatic rings. The Bertz CT molecular complexity index is 1190. The quantitative estimate of drug-likeness (QED) is 0.577. The summed E-state index contributed by atoms with van der Waals surface area (Å²) < 4.78 is 5.81. The van der Waals surface area contributed by atoms with Gasteiger partial charge in [-0.15, -0.1) is 0 Å². The third-order valence-electron chi connectivity index (χ3n) is 5.42. The summed E-state index contributed by atoms with van der Waals surface area (Å²) in [5.74, 6) is -0.319. The molecule has 8 nitrogen and oxygen atoms in total. The van der Waals surface area contributed by atoms with Gasteiger partial charge in [0.2, 0.25) is 5.89 Å². The number of oxazole rings is 1. The Kier molecular flexibility index (Phi) is 3.79. The topological polar surface area (TPSA) is 120 Å². The first kappa shape index (κ1) is 17.3. The number of para-hydroxylation sites is 1. The molecule has 2 aliphatic heterocycles. The summed E-state index contributed by atoms with van der Waals surface area (Å²) in [5.41, 5.74) is 12.5. The number of nitrogens with one attached hydrogen (secondary N) is 2. The first-order valence-corrected chi connectivity index (χ1v) is 9.25. The highest BCUT2D eigenvalue weighted by Gasteiger charge is 2.49. The van der Waals surface area contributed by atoms with E-state index in [1.165, 1.54) is 5.01 Å². The van der Waals surface area contributed by atoms with Gasteiger partial charge >= 0.3 is 0 Å². The van der Waals surface area contributed by atoms with Crippen molar-refractivity contribution >= 4 is 28.3 Å². The summed E-state index contributed by atoms with van der Waals surface area (Å²) in [4.78, 5) is 17.8. The maximum absolute atomic E-state index is 13.3. The molecule has 1 aromatic heterocycles. The fourth-order valence-corrected chi connectivity index (χ4v) is 4.06. The van der Waals surface area contributed by atoms with E-state index in [2.05, 4.69) is 21.8 Å². The minimum absolute atomic E-state index is 0.199. The molecule has 1 fully saturated rings. The number of nitrogens with two attached hydrogens (primary N) is 1. The second kappa shape index (κ2) is 6.36. The minimum Gasteiger partial charge on any atom is -0.436 e. The lowest BCUT2D eigenvalue weighted by Gasteiger charge is -2.34. The molecule has 144 valence electrons. The first-order valence-electron chi connectivity index (χ1n) is 9.25. The first-order chi connectivity index (χ1) is 14.1. The number of carbonyl (C=O) groups is 1. The second-order valence-electron chi connectivity index (χ2n) is 7.15. The Balaban J connectivity index is 1.58. The van der Waals surface area contributed by atoms with Crippen LogP contribution in [-0.4, -0.2) is 28.1 Å². The zero-order chi connectivity index (χ0) is 20.1. The fourth-order valence-electron chi connectivity index (χ4n) is 4.06. The van der Waals surface area contributed by atoms with Crippen LogP contribution in [0.1, 0.15) is 24.3 Å². The number of allylic oxidation sites excluding steroid dienone is 1. The molecule has 4 N–H and O–H groups in total. The summed E-state index contributed by atoms with van der Waals surface area (Å²) in [7, 11) is 0. The van der Waals surface area contributed by atoms with Crippen LogP contribution >= 0.6 is 0 Å². The Morgan fingerprint density at radius 2 is 2.00 bits per heavy atom. The number of nitriles is 1. The number of nitrogen functional groups attached to an aromatic ring is 1. The highest BCUT2D eigenvalue weighted by atomic mass is 16.3. The number of anilines is 1. The number of amides is 1. The van der Waals surface area contributed by atoms with E-state index in [-0.39, 0.29) is 17.7 Å². The molecule has 29 heavy (non-hydrogen) atoms. The monoisotopic (exact) mass is 386 g/mol. The summed E-state index contributed by atoms with van der Waals surface area (Å²) in [5, 5.41) is 14.5. The Morgan fingerprint density at radius 1 is 1.21 bits per heavy atom. The molecule has 0 radical (unpaired) electrons. The van der Waals surface area contributed by atoms with Gasteiger partial charge in [0.1, 0.15) is 23.3 Å². The van der Waals surface area contributed by atoms with E-state index >= 15 is 0 Å². The molecule has 1 saturated heterocycles. The van der Waals surface area contributed by atoms with Gasteiger partial charge in [0.25, 0.3) is 5.91 Å².